The highest BCUT2D eigenvalue weighted by Crippen LogP contribution is 2.35. The van der Waals surface area contributed by atoms with Crippen LogP contribution in [0.3, 0.4) is 0 Å². The molecule has 0 bridgehead atoms. The molecule has 0 saturated carbocycles. The molecule has 2 aliphatic heterocycles. The van der Waals surface area contributed by atoms with Gasteiger partial charge in [-0.15, -0.1) is 0 Å². The minimum atomic E-state index is -1.32. The van der Waals surface area contributed by atoms with Gasteiger partial charge in [0.05, 0.1) is 30.4 Å². The molecule has 0 aliphatic carbocycles. The van der Waals surface area contributed by atoms with E-state index in [1.54, 1.807) is 6.07 Å². The number of hydrogen-bond acceptors (Lipinski definition) is 5. The average Bonchev–Trinajstić information content (AvgIpc) is 2.73. The quantitative estimate of drug-likeness (QED) is 0.303. The Hall–Kier alpha value is -2.67. The Kier molecular flexibility index (Phi) is 6.12. The molecular formula is C21H22FIN4O5. The lowest BCUT2D eigenvalue weighted by Crippen LogP contribution is -2.73. The zero-order valence-electron chi connectivity index (χ0n) is 17.0. The second-order valence-electron chi connectivity index (χ2n) is 8.13. The number of benzene rings is 1. The molecule has 2 fully saturated rings. The van der Waals surface area contributed by atoms with Crippen molar-refractivity contribution in [3.8, 4) is 0 Å². The number of aromatic nitrogens is 1. The van der Waals surface area contributed by atoms with Crippen LogP contribution in [0, 0.1) is 14.6 Å². The van der Waals surface area contributed by atoms with Crippen molar-refractivity contribution in [1.29, 1.82) is 0 Å². The summed E-state index contributed by atoms with van der Waals surface area (Å²) in [6.07, 6.45) is 3.31. The SMILES string of the molecule is O=C(c1cc[n+]([O-])cc1Nc1ccc(I)cc1F)N1CC(O)([C@@H]2CCCCN2C(=O)O)C1. The Balaban J connectivity index is 1.53. The van der Waals surface area contributed by atoms with Gasteiger partial charge in [0, 0.05) is 16.2 Å². The number of nitrogens with one attached hydrogen (secondary N) is 1. The summed E-state index contributed by atoms with van der Waals surface area (Å²) < 4.78 is 15.5. The van der Waals surface area contributed by atoms with Crippen molar-refractivity contribution in [3.63, 3.8) is 0 Å². The Bertz CT molecular complexity index is 1060. The summed E-state index contributed by atoms with van der Waals surface area (Å²) in [5.74, 6) is -0.970. The minimum absolute atomic E-state index is 0.0239. The van der Waals surface area contributed by atoms with E-state index in [0.717, 1.165) is 19.0 Å². The molecule has 9 nitrogen and oxygen atoms in total. The van der Waals surface area contributed by atoms with E-state index in [1.165, 1.54) is 34.2 Å². The summed E-state index contributed by atoms with van der Waals surface area (Å²) in [5, 5.41) is 35.1. The van der Waals surface area contributed by atoms with Crippen molar-refractivity contribution in [1.82, 2.24) is 9.80 Å². The number of carbonyl (C=O) groups is 2. The highest BCUT2D eigenvalue weighted by molar-refractivity contribution is 14.1. The first-order valence-electron chi connectivity index (χ1n) is 10.1. The number of β-amino-alcohol motifs (C(OH)–C–C–N with tert-alkyl or cyclic N) is 1. The van der Waals surface area contributed by atoms with Crippen LogP contribution >= 0.6 is 22.6 Å². The number of pyridine rings is 1. The highest BCUT2D eigenvalue weighted by Gasteiger charge is 2.53. The average molecular weight is 556 g/mol. The van der Waals surface area contributed by atoms with Gasteiger partial charge in [0.15, 0.2) is 6.20 Å². The maximum Gasteiger partial charge on any atom is 0.407 e. The summed E-state index contributed by atoms with van der Waals surface area (Å²) in [5.41, 5.74) is -0.925. The number of hydrogen-bond donors (Lipinski definition) is 3. The van der Waals surface area contributed by atoms with Crippen molar-refractivity contribution in [2.75, 3.05) is 25.0 Å². The smallest absolute Gasteiger partial charge is 0.407 e. The molecule has 11 heteroatoms. The molecule has 32 heavy (non-hydrogen) atoms. The molecule has 2 aliphatic rings. The van der Waals surface area contributed by atoms with E-state index in [9.17, 15) is 29.4 Å². The van der Waals surface area contributed by atoms with Gasteiger partial charge in [-0.2, -0.15) is 4.73 Å². The second-order valence-corrected chi connectivity index (χ2v) is 9.38. The molecule has 1 atom stereocenters. The molecule has 2 amide bonds. The van der Waals surface area contributed by atoms with Gasteiger partial charge < -0.3 is 30.5 Å². The first kappa shape index (κ1) is 22.5. The Labute approximate surface area is 197 Å². The lowest BCUT2D eigenvalue weighted by Gasteiger charge is -2.53. The van der Waals surface area contributed by atoms with Gasteiger partial charge in [0.1, 0.15) is 17.1 Å². The molecule has 0 radical (unpaired) electrons. The van der Waals surface area contributed by atoms with Gasteiger partial charge in [-0.25, -0.2) is 9.18 Å². The zero-order chi connectivity index (χ0) is 23.0. The number of carboxylic acid groups (broad SMARTS) is 1. The topological polar surface area (TPSA) is 120 Å². The lowest BCUT2D eigenvalue weighted by molar-refractivity contribution is -0.604. The van der Waals surface area contributed by atoms with Crippen molar-refractivity contribution >= 4 is 46.0 Å². The molecule has 3 heterocycles. The van der Waals surface area contributed by atoms with Crippen molar-refractivity contribution in [2.24, 2.45) is 0 Å². The van der Waals surface area contributed by atoms with E-state index in [0.29, 0.717) is 21.3 Å². The fraction of sp³-hybridized carbons (Fsp3) is 0.381. The van der Waals surface area contributed by atoms with Crippen LogP contribution in [0.4, 0.5) is 20.6 Å². The normalized spacial score (nSPS) is 19.9. The van der Waals surface area contributed by atoms with Gasteiger partial charge in [0.25, 0.3) is 5.91 Å². The van der Waals surface area contributed by atoms with Crippen LogP contribution in [-0.4, -0.2) is 63.3 Å². The molecule has 1 aromatic carbocycles. The predicted molar refractivity (Wildman–Crippen MR) is 121 cm³/mol. The molecule has 3 N–H and O–H groups in total. The molecule has 1 aromatic heterocycles. The van der Waals surface area contributed by atoms with Crippen molar-refractivity contribution in [2.45, 2.75) is 30.9 Å². The molecule has 0 unspecified atom stereocenters. The van der Waals surface area contributed by atoms with Crippen LogP contribution in [0.15, 0.2) is 36.7 Å². The van der Waals surface area contributed by atoms with Gasteiger partial charge in [0.2, 0.25) is 6.20 Å². The summed E-state index contributed by atoms with van der Waals surface area (Å²) in [4.78, 5) is 27.3. The third-order valence-electron chi connectivity index (χ3n) is 5.95. The maximum absolute atomic E-state index is 14.3. The number of likely N-dealkylation sites (tertiary alicyclic amines) is 2. The van der Waals surface area contributed by atoms with Gasteiger partial charge in [-0.3, -0.25) is 4.79 Å². The highest BCUT2D eigenvalue weighted by atomic mass is 127. The van der Waals surface area contributed by atoms with Gasteiger partial charge in [-0.05, 0) is 60.1 Å². The van der Waals surface area contributed by atoms with E-state index >= 15 is 0 Å². The van der Waals surface area contributed by atoms with Crippen molar-refractivity contribution in [3.05, 3.63) is 56.8 Å². The Morgan fingerprint density at radius 2 is 2.00 bits per heavy atom. The molecule has 2 saturated heterocycles. The Morgan fingerprint density at radius 3 is 2.69 bits per heavy atom. The monoisotopic (exact) mass is 556 g/mol. The molecule has 0 spiro atoms. The van der Waals surface area contributed by atoms with Crippen LogP contribution in [0.1, 0.15) is 29.6 Å². The maximum atomic E-state index is 14.3. The van der Waals surface area contributed by atoms with Crippen molar-refractivity contribution < 1.29 is 28.9 Å². The van der Waals surface area contributed by atoms with Gasteiger partial charge >= 0.3 is 6.09 Å². The van der Waals surface area contributed by atoms with E-state index < -0.39 is 29.5 Å². The standard InChI is InChI=1S/C21H22FIN4O5/c22-15-9-13(23)4-5-16(15)24-17-10-26(32)8-6-14(17)19(28)25-11-21(31,12-25)18-3-1-2-7-27(18)20(29)30/h4-6,8-10,18,24,31H,1-3,7,11-12H2,(H,29,30)/t18-/m0/s1. The van der Waals surface area contributed by atoms with E-state index in [2.05, 4.69) is 5.32 Å². The van der Waals surface area contributed by atoms with E-state index in [4.69, 9.17) is 0 Å². The first-order chi connectivity index (χ1) is 15.2. The lowest BCUT2D eigenvalue weighted by atomic mass is 9.80. The Morgan fingerprint density at radius 1 is 1.25 bits per heavy atom. The molecular weight excluding hydrogens is 534 g/mol. The third kappa shape index (κ3) is 4.31. The fourth-order valence-electron chi connectivity index (χ4n) is 4.36. The predicted octanol–water partition coefficient (Wildman–Crippen LogP) is 2.53. The summed E-state index contributed by atoms with van der Waals surface area (Å²) in [6.45, 7) is 0.307. The number of carbonyl (C=O) groups excluding carboxylic acids is 1. The molecule has 2 aromatic rings. The summed E-state index contributed by atoms with van der Waals surface area (Å²) in [7, 11) is 0. The zero-order valence-corrected chi connectivity index (χ0v) is 19.2. The molecule has 4 rings (SSSR count). The number of anilines is 2. The second kappa shape index (κ2) is 8.70. The van der Waals surface area contributed by atoms with Crippen LogP contribution in [0.5, 0.6) is 0 Å². The minimum Gasteiger partial charge on any atom is -0.619 e. The number of aliphatic hydroxyl groups is 1. The number of rotatable bonds is 4. The first-order valence-corrected chi connectivity index (χ1v) is 11.2. The number of amides is 2. The van der Waals surface area contributed by atoms with Crippen LogP contribution < -0.4 is 10.0 Å². The van der Waals surface area contributed by atoms with Crippen LogP contribution in [0.25, 0.3) is 0 Å². The largest absolute Gasteiger partial charge is 0.619 e. The van der Waals surface area contributed by atoms with Crippen LogP contribution in [-0.2, 0) is 0 Å². The summed E-state index contributed by atoms with van der Waals surface area (Å²) >= 11 is 1.98. The van der Waals surface area contributed by atoms with Gasteiger partial charge in [-0.1, -0.05) is 0 Å². The summed E-state index contributed by atoms with van der Waals surface area (Å²) in [6, 6.07) is 5.29. The van der Waals surface area contributed by atoms with E-state index in [1.807, 2.05) is 22.6 Å². The number of piperidine rings is 1. The third-order valence-corrected chi connectivity index (χ3v) is 6.62. The van der Waals surface area contributed by atoms with E-state index in [-0.39, 0.29) is 30.0 Å². The number of halogens is 2. The molecule has 170 valence electrons. The van der Waals surface area contributed by atoms with Crippen LogP contribution in [0.2, 0.25) is 0 Å². The fourth-order valence-corrected chi connectivity index (χ4v) is 4.81. The number of nitrogens with zero attached hydrogens (tertiary/aromatic N) is 3.